The van der Waals surface area contributed by atoms with E-state index >= 15 is 0 Å². The average molecular weight is 329 g/mol. The lowest BCUT2D eigenvalue weighted by molar-refractivity contribution is -0.118. The van der Waals surface area contributed by atoms with Crippen molar-refractivity contribution in [3.05, 3.63) is 48.0 Å². The fourth-order valence-corrected chi connectivity index (χ4v) is 2.40. The summed E-state index contributed by atoms with van der Waals surface area (Å²) in [6, 6.07) is 5.66. The van der Waals surface area contributed by atoms with Crippen molar-refractivity contribution in [3.63, 3.8) is 0 Å². The first-order chi connectivity index (χ1) is 11.7. The topological polar surface area (TPSA) is 78.4 Å². The number of nitrogens with zero attached hydrogens (tertiary/aromatic N) is 4. The van der Waals surface area contributed by atoms with Gasteiger partial charge in [0, 0.05) is 44.3 Å². The van der Waals surface area contributed by atoms with Gasteiger partial charge >= 0.3 is 0 Å². The lowest BCUT2D eigenvalue weighted by Crippen LogP contribution is -2.46. The number of aromatic nitrogens is 2. The summed E-state index contributed by atoms with van der Waals surface area (Å²) < 4.78 is 13.1. The van der Waals surface area contributed by atoms with E-state index in [1.807, 2.05) is 4.90 Å². The SMILES string of the molecule is O=CN1CCN(c2ncc(C(=O)Nc3cccc(F)c3)cn2)CC1. The molecule has 2 amide bonds. The minimum atomic E-state index is -0.422. The molecule has 0 unspecified atom stereocenters. The molecular weight excluding hydrogens is 313 g/mol. The maximum atomic E-state index is 13.1. The zero-order chi connectivity index (χ0) is 16.9. The molecule has 1 aromatic carbocycles. The summed E-state index contributed by atoms with van der Waals surface area (Å²) in [6.45, 7) is 2.53. The van der Waals surface area contributed by atoms with E-state index in [1.54, 1.807) is 11.0 Å². The molecule has 2 aromatic rings. The van der Waals surface area contributed by atoms with E-state index in [0.29, 0.717) is 37.8 Å². The van der Waals surface area contributed by atoms with Gasteiger partial charge in [-0.3, -0.25) is 9.59 Å². The van der Waals surface area contributed by atoms with Crippen LogP contribution >= 0.6 is 0 Å². The Morgan fingerprint density at radius 2 is 1.88 bits per heavy atom. The molecule has 7 nitrogen and oxygen atoms in total. The summed E-state index contributed by atoms with van der Waals surface area (Å²) in [5.41, 5.74) is 0.656. The van der Waals surface area contributed by atoms with Crippen molar-refractivity contribution >= 4 is 24.0 Å². The molecule has 1 aliphatic heterocycles. The first-order valence-electron chi connectivity index (χ1n) is 7.49. The Kier molecular flexibility index (Phi) is 4.64. The number of nitrogens with one attached hydrogen (secondary N) is 1. The first kappa shape index (κ1) is 15.9. The molecule has 0 aliphatic carbocycles. The van der Waals surface area contributed by atoms with Crippen molar-refractivity contribution in [3.8, 4) is 0 Å². The molecule has 0 saturated carbocycles. The second-order valence-corrected chi connectivity index (χ2v) is 5.36. The Balaban J connectivity index is 1.64. The normalized spacial score (nSPS) is 14.4. The number of anilines is 2. The highest BCUT2D eigenvalue weighted by Crippen LogP contribution is 2.13. The van der Waals surface area contributed by atoms with Gasteiger partial charge in [0.05, 0.1) is 5.56 Å². The molecule has 1 aliphatic rings. The largest absolute Gasteiger partial charge is 0.342 e. The van der Waals surface area contributed by atoms with Gasteiger partial charge in [-0.1, -0.05) is 6.07 Å². The van der Waals surface area contributed by atoms with E-state index in [0.717, 1.165) is 6.41 Å². The maximum absolute atomic E-state index is 13.1. The number of halogens is 1. The zero-order valence-corrected chi connectivity index (χ0v) is 12.9. The molecule has 0 atom stereocenters. The first-order valence-corrected chi connectivity index (χ1v) is 7.49. The van der Waals surface area contributed by atoms with Crippen molar-refractivity contribution < 1.29 is 14.0 Å². The molecule has 3 rings (SSSR count). The van der Waals surface area contributed by atoms with E-state index in [-0.39, 0.29) is 5.56 Å². The van der Waals surface area contributed by atoms with Crippen molar-refractivity contribution in [2.24, 2.45) is 0 Å². The second-order valence-electron chi connectivity index (χ2n) is 5.36. The highest BCUT2D eigenvalue weighted by atomic mass is 19.1. The fraction of sp³-hybridized carbons (Fsp3) is 0.250. The zero-order valence-electron chi connectivity index (χ0n) is 12.9. The lowest BCUT2D eigenvalue weighted by Gasteiger charge is -2.32. The number of benzene rings is 1. The van der Waals surface area contributed by atoms with Crippen LogP contribution < -0.4 is 10.2 Å². The van der Waals surface area contributed by atoms with E-state index in [9.17, 15) is 14.0 Å². The van der Waals surface area contributed by atoms with Crippen LogP contribution in [0.1, 0.15) is 10.4 Å². The summed E-state index contributed by atoms with van der Waals surface area (Å²) >= 11 is 0. The van der Waals surface area contributed by atoms with Gasteiger partial charge in [0.15, 0.2) is 0 Å². The quantitative estimate of drug-likeness (QED) is 0.851. The number of rotatable bonds is 4. The van der Waals surface area contributed by atoms with Crippen LogP contribution in [0.4, 0.5) is 16.0 Å². The minimum absolute atomic E-state index is 0.287. The number of piperazine rings is 1. The number of hydrogen-bond acceptors (Lipinski definition) is 5. The van der Waals surface area contributed by atoms with Crippen LogP contribution in [0.2, 0.25) is 0 Å². The number of hydrogen-bond donors (Lipinski definition) is 1. The predicted molar refractivity (Wildman–Crippen MR) is 86.2 cm³/mol. The van der Waals surface area contributed by atoms with Crippen molar-refractivity contribution in [2.75, 3.05) is 36.4 Å². The number of carbonyl (C=O) groups is 2. The standard InChI is InChI=1S/C16H16FN5O2/c17-13-2-1-3-14(8-13)20-15(24)12-9-18-16(19-10-12)22-6-4-21(11-23)5-7-22/h1-3,8-11H,4-7H2,(H,20,24). The van der Waals surface area contributed by atoms with Gasteiger partial charge in [-0.15, -0.1) is 0 Å². The Morgan fingerprint density at radius 1 is 1.17 bits per heavy atom. The molecule has 1 saturated heterocycles. The van der Waals surface area contributed by atoms with Crippen molar-refractivity contribution in [2.45, 2.75) is 0 Å². The van der Waals surface area contributed by atoms with Crippen LogP contribution in [0.3, 0.4) is 0 Å². The summed E-state index contributed by atoms with van der Waals surface area (Å²) in [5, 5.41) is 2.59. The van der Waals surface area contributed by atoms with E-state index in [2.05, 4.69) is 15.3 Å². The van der Waals surface area contributed by atoms with Crippen molar-refractivity contribution in [1.29, 1.82) is 0 Å². The van der Waals surface area contributed by atoms with E-state index < -0.39 is 11.7 Å². The molecule has 8 heteroatoms. The molecular formula is C16H16FN5O2. The molecule has 0 spiro atoms. The smallest absolute Gasteiger partial charge is 0.258 e. The van der Waals surface area contributed by atoms with E-state index in [1.165, 1.54) is 30.6 Å². The Bertz CT molecular complexity index is 730. The molecule has 0 bridgehead atoms. The molecule has 1 N–H and O–H groups in total. The van der Waals surface area contributed by atoms with Crippen LogP contribution in [-0.4, -0.2) is 53.4 Å². The van der Waals surface area contributed by atoms with E-state index in [4.69, 9.17) is 0 Å². The lowest BCUT2D eigenvalue weighted by atomic mass is 10.2. The van der Waals surface area contributed by atoms with Crippen LogP contribution in [0.25, 0.3) is 0 Å². The van der Waals surface area contributed by atoms with Gasteiger partial charge in [0.1, 0.15) is 5.82 Å². The third-order valence-corrected chi connectivity index (χ3v) is 3.73. The summed E-state index contributed by atoms with van der Waals surface area (Å²) in [5.74, 6) is -0.311. The van der Waals surface area contributed by atoms with Crippen LogP contribution in [0.15, 0.2) is 36.7 Å². The minimum Gasteiger partial charge on any atom is -0.342 e. The molecule has 0 radical (unpaired) electrons. The highest BCUT2D eigenvalue weighted by molar-refractivity contribution is 6.03. The van der Waals surface area contributed by atoms with Gasteiger partial charge < -0.3 is 15.1 Å². The van der Waals surface area contributed by atoms with Gasteiger partial charge in [-0.05, 0) is 18.2 Å². The Labute approximate surface area is 138 Å². The van der Waals surface area contributed by atoms with Crippen LogP contribution in [0, 0.1) is 5.82 Å². The Morgan fingerprint density at radius 3 is 2.50 bits per heavy atom. The summed E-state index contributed by atoms with van der Waals surface area (Å²) in [6.07, 6.45) is 3.70. The summed E-state index contributed by atoms with van der Waals surface area (Å²) in [4.78, 5) is 34.9. The van der Waals surface area contributed by atoms with Gasteiger partial charge in [0.2, 0.25) is 12.4 Å². The number of amides is 2. The third kappa shape index (κ3) is 3.65. The molecule has 1 fully saturated rings. The molecule has 2 heterocycles. The molecule has 24 heavy (non-hydrogen) atoms. The Hall–Kier alpha value is -3.03. The third-order valence-electron chi connectivity index (χ3n) is 3.73. The molecule has 1 aromatic heterocycles. The van der Waals surface area contributed by atoms with Crippen molar-refractivity contribution in [1.82, 2.24) is 14.9 Å². The maximum Gasteiger partial charge on any atom is 0.258 e. The second kappa shape index (κ2) is 7.03. The average Bonchev–Trinajstić information content (AvgIpc) is 2.62. The van der Waals surface area contributed by atoms with Gasteiger partial charge in [-0.25, -0.2) is 14.4 Å². The number of carbonyl (C=O) groups excluding carboxylic acids is 2. The van der Waals surface area contributed by atoms with Crippen LogP contribution in [0.5, 0.6) is 0 Å². The molecule has 124 valence electrons. The summed E-state index contributed by atoms with van der Waals surface area (Å²) in [7, 11) is 0. The van der Waals surface area contributed by atoms with Gasteiger partial charge in [-0.2, -0.15) is 0 Å². The van der Waals surface area contributed by atoms with Gasteiger partial charge in [0.25, 0.3) is 5.91 Å². The monoisotopic (exact) mass is 329 g/mol. The highest BCUT2D eigenvalue weighted by Gasteiger charge is 2.18. The van der Waals surface area contributed by atoms with Crippen LogP contribution in [-0.2, 0) is 4.79 Å². The predicted octanol–water partition coefficient (Wildman–Crippen LogP) is 1.15. The fourth-order valence-electron chi connectivity index (χ4n) is 2.40.